The number of nitrogens with one attached hydrogen (secondary N) is 2. The topological polar surface area (TPSA) is 78.4 Å². The summed E-state index contributed by atoms with van der Waals surface area (Å²) in [5.41, 5.74) is 0. The van der Waals surface area contributed by atoms with Crippen LogP contribution in [0.4, 0.5) is 4.79 Å². The quantitative estimate of drug-likeness (QED) is 0.658. The molecule has 0 aliphatic heterocycles. The van der Waals surface area contributed by atoms with Gasteiger partial charge in [0.05, 0.1) is 12.0 Å². The zero-order chi connectivity index (χ0) is 13.4. The first-order valence-electron chi connectivity index (χ1n) is 7.11. The van der Waals surface area contributed by atoms with Crippen molar-refractivity contribution in [3.63, 3.8) is 0 Å². The molecule has 0 aromatic carbocycles. The summed E-state index contributed by atoms with van der Waals surface area (Å²) in [4.78, 5) is 22.8. The SMILES string of the molecule is O=C(NC1C=CC(C(=O)O)C1)NC(C1CC1)C1CC1. The van der Waals surface area contributed by atoms with Crippen molar-refractivity contribution in [2.45, 2.75) is 44.2 Å². The molecule has 3 aliphatic rings. The Kier molecular flexibility index (Phi) is 3.21. The lowest BCUT2D eigenvalue weighted by Gasteiger charge is -2.20. The lowest BCUT2D eigenvalue weighted by atomic mass is 10.1. The molecule has 3 aliphatic carbocycles. The van der Waals surface area contributed by atoms with Gasteiger partial charge < -0.3 is 15.7 Å². The summed E-state index contributed by atoms with van der Waals surface area (Å²) in [5, 5.41) is 14.8. The van der Waals surface area contributed by atoms with E-state index in [0.717, 1.165) is 0 Å². The molecular formula is C14H20N2O3. The Labute approximate surface area is 112 Å². The fraction of sp³-hybridized carbons (Fsp3) is 0.714. The minimum Gasteiger partial charge on any atom is -0.481 e. The van der Waals surface area contributed by atoms with Crippen LogP contribution in [0.3, 0.4) is 0 Å². The molecule has 2 amide bonds. The number of hydrogen-bond acceptors (Lipinski definition) is 2. The third-order valence-electron chi connectivity index (χ3n) is 4.27. The van der Waals surface area contributed by atoms with Crippen LogP contribution in [-0.2, 0) is 4.79 Å². The van der Waals surface area contributed by atoms with Crippen molar-refractivity contribution in [2.24, 2.45) is 17.8 Å². The highest BCUT2D eigenvalue weighted by atomic mass is 16.4. The van der Waals surface area contributed by atoms with E-state index >= 15 is 0 Å². The van der Waals surface area contributed by atoms with Gasteiger partial charge in [-0.2, -0.15) is 0 Å². The third-order valence-corrected chi connectivity index (χ3v) is 4.27. The van der Waals surface area contributed by atoms with Crippen molar-refractivity contribution in [3.8, 4) is 0 Å². The Morgan fingerprint density at radius 1 is 1.11 bits per heavy atom. The van der Waals surface area contributed by atoms with E-state index in [1.54, 1.807) is 12.2 Å². The summed E-state index contributed by atoms with van der Waals surface area (Å²) >= 11 is 0. The van der Waals surface area contributed by atoms with Gasteiger partial charge in [0, 0.05) is 6.04 Å². The summed E-state index contributed by atoms with van der Waals surface area (Å²) < 4.78 is 0. The van der Waals surface area contributed by atoms with E-state index in [9.17, 15) is 9.59 Å². The fourth-order valence-electron chi connectivity index (χ4n) is 2.88. The van der Waals surface area contributed by atoms with Crippen molar-refractivity contribution in [2.75, 3.05) is 0 Å². The Hall–Kier alpha value is -1.52. The minimum atomic E-state index is -0.824. The van der Waals surface area contributed by atoms with Gasteiger partial charge in [-0.15, -0.1) is 0 Å². The lowest BCUT2D eigenvalue weighted by molar-refractivity contribution is -0.140. The van der Waals surface area contributed by atoms with Gasteiger partial charge in [-0.3, -0.25) is 4.79 Å². The number of carboxylic acid groups (broad SMARTS) is 1. The van der Waals surface area contributed by atoms with E-state index in [-0.39, 0.29) is 12.1 Å². The maximum atomic E-state index is 11.9. The second-order valence-corrected chi connectivity index (χ2v) is 5.99. The standard InChI is InChI=1S/C14H20N2O3/c17-13(18)10-5-6-11(7-10)15-14(19)16-12(8-1-2-8)9-3-4-9/h5-6,8-12H,1-4,7H2,(H,17,18)(H2,15,16,19). The van der Waals surface area contributed by atoms with Crippen LogP contribution >= 0.6 is 0 Å². The number of hydrogen-bond donors (Lipinski definition) is 3. The average molecular weight is 264 g/mol. The first-order chi connectivity index (χ1) is 9.13. The minimum absolute atomic E-state index is 0.149. The molecule has 0 radical (unpaired) electrons. The van der Waals surface area contributed by atoms with Crippen molar-refractivity contribution < 1.29 is 14.7 Å². The highest BCUT2D eigenvalue weighted by molar-refractivity contribution is 5.76. The fourth-order valence-corrected chi connectivity index (χ4v) is 2.88. The molecule has 0 aromatic rings. The maximum absolute atomic E-state index is 11.9. The van der Waals surface area contributed by atoms with Crippen molar-refractivity contribution in [1.82, 2.24) is 10.6 Å². The van der Waals surface area contributed by atoms with Crippen LogP contribution in [-0.4, -0.2) is 29.2 Å². The summed E-state index contributed by atoms with van der Waals surface area (Å²) in [6.07, 6.45) is 8.81. The van der Waals surface area contributed by atoms with E-state index < -0.39 is 11.9 Å². The molecule has 5 heteroatoms. The zero-order valence-corrected chi connectivity index (χ0v) is 10.8. The van der Waals surface area contributed by atoms with E-state index in [0.29, 0.717) is 24.3 Å². The Morgan fingerprint density at radius 3 is 2.21 bits per heavy atom. The molecule has 3 rings (SSSR count). The van der Waals surface area contributed by atoms with Gasteiger partial charge in [0.1, 0.15) is 0 Å². The van der Waals surface area contributed by atoms with Crippen molar-refractivity contribution >= 4 is 12.0 Å². The number of carbonyl (C=O) groups excluding carboxylic acids is 1. The molecule has 104 valence electrons. The molecule has 0 spiro atoms. The molecule has 0 saturated heterocycles. The first-order valence-corrected chi connectivity index (χ1v) is 7.11. The van der Waals surface area contributed by atoms with Gasteiger partial charge in [-0.05, 0) is 43.9 Å². The highest BCUT2D eigenvalue weighted by Gasteiger charge is 2.42. The summed E-state index contributed by atoms with van der Waals surface area (Å²) in [6, 6.07) is 0.0327. The number of aliphatic carboxylic acids is 1. The number of urea groups is 1. The first kappa shape index (κ1) is 12.5. The zero-order valence-electron chi connectivity index (χ0n) is 10.8. The van der Waals surface area contributed by atoms with Crippen LogP contribution in [0.25, 0.3) is 0 Å². The molecule has 2 fully saturated rings. The molecule has 19 heavy (non-hydrogen) atoms. The van der Waals surface area contributed by atoms with Crippen molar-refractivity contribution in [1.29, 1.82) is 0 Å². The van der Waals surface area contributed by atoms with Gasteiger partial charge in [0.2, 0.25) is 0 Å². The molecule has 0 heterocycles. The Balaban J connectivity index is 1.46. The maximum Gasteiger partial charge on any atom is 0.315 e. The third kappa shape index (κ3) is 3.08. The van der Waals surface area contributed by atoms with Crippen LogP contribution in [0.15, 0.2) is 12.2 Å². The molecule has 2 atom stereocenters. The highest BCUT2D eigenvalue weighted by Crippen LogP contribution is 2.44. The smallest absolute Gasteiger partial charge is 0.315 e. The van der Waals surface area contributed by atoms with E-state index in [2.05, 4.69) is 10.6 Å². The van der Waals surface area contributed by atoms with Crippen molar-refractivity contribution in [3.05, 3.63) is 12.2 Å². The number of carbonyl (C=O) groups is 2. The molecule has 3 N–H and O–H groups in total. The normalized spacial score (nSPS) is 29.5. The molecule has 0 bridgehead atoms. The summed E-state index contributed by atoms with van der Waals surface area (Å²) in [7, 11) is 0. The summed E-state index contributed by atoms with van der Waals surface area (Å²) in [6.45, 7) is 0. The van der Waals surface area contributed by atoms with E-state index in [1.807, 2.05) is 0 Å². The largest absolute Gasteiger partial charge is 0.481 e. The predicted octanol–water partition coefficient (Wildman–Crippen LogP) is 1.50. The molecule has 5 nitrogen and oxygen atoms in total. The molecule has 0 aromatic heterocycles. The van der Waals surface area contributed by atoms with Crippen LogP contribution in [0.1, 0.15) is 32.1 Å². The van der Waals surface area contributed by atoms with Gasteiger partial charge in [-0.25, -0.2) is 4.79 Å². The van der Waals surface area contributed by atoms with Gasteiger partial charge >= 0.3 is 12.0 Å². The average Bonchev–Trinajstić information content (AvgIpc) is 3.26. The van der Waals surface area contributed by atoms with Crippen LogP contribution in [0, 0.1) is 17.8 Å². The summed E-state index contributed by atoms with van der Waals surface area (Å²) in [5.74, 6) is 0.0519. The monoisotopic (exact) mass is 264 g/mol. The van der Waals surface area contributed by atoms with Crippen LogP contribution in [0.2, 0.25) is 0 Å². The molecular weight excluding hydrogens is 244 g/mol. The number of amides is 2. The second-order valence-electron chi connectivity index (χ2n) is 5.99. The van der Waals surface area contributed by atoms with Crippen LogP contribution < -0.4 is 10.6 Å². The molecule has 2 saturated carbocycles. The predicted molar refractivity (Wildman–Crippen MR) is 69.6 cm³/mol. The Bertz CT molecular complexity index is 401. The number of rotatable bonds is 5. The second kappa shape index (κ2) is 4.87. The van der Waals surface area contributed by atoms with Crippen LogP contribution in [0.5, 0.6) is 0 Å². The van der Waals surface area contributed by atoms with Gasteiger partial charge in [-0.1, -0.05) is 12.2 Å². The van der Waals surface area contributed by atoms with Gasteiger partial charge in [0.25, 0.3) is 0 Å². The van der Waals surface area contributed by atoms with E-state index in [1.165, 1.54) is 25.7 Å². The lowest BCUT2D eigenvalue weighted by Crippen LogP contribution is -2.47. The van der Waals surface area contributed by atoms with E-state index in [4.69, 9.17) is 5.11 Å². The Morgan fingerprint density at radius 2 is 1.74 bits per heavy atom. The number of carboxylic acids is 1. The van der Waals surface area contributed by atoms with Gasteiger partial charge in [0.15, 0.2) is 0 Å². The molecule has 2 unspecified atom stereocenters.